The SMILES string of the molecule is CC1CCCC1(C(=O)O)c1cccc(N)c1. The molecule has 2 atom stereocenters. The van der Waals surface area contributed by atoms with Crippen molar-refractivity contribution >= 4 is 11.7 Å². The van der Waals surface area contributed by atoms with E-state index in [9.17, 15) is 9.90 Å². The Morgan fingerprint density at radius 3 is 2.81 bits per heavy atom. The number of aliphatic carboxylic acids is 1. The molecule has 0 radical (unpaired) electrons. The number of carboxylic acids is 1. The summed E-state index contributed by atoms with van der Waals surface area (Å²) in [6, 6.07) is 7.31. The van der Waals surface area contributed by atoms with Crippen LogP contribution >= 0.6 is 0 Å². The quantitative estimate of drug-likeness (QED) is 0.751. The molecular formula is C13H17NO2. The summed E-state index contributed by atoms with van der Waals surface area (Å²) in [6.07, 6.45) is 2.66. The van der Waals surface area contributed by atoms with Crippen LogP contribution in [0.1, 0.15) is 31.7 Å². The van der Waals surface area contributed by atoms with Crippen molar-refractivity contribution < 1.29 is 9.90 Å². The molecule has 1 aliphatic rings. The minimum absolute atomic E-state index is 0.173. The Balaban J connectivity index is 2.52. The molecule has 0 aromatic heterocycles. The topological polar surface area (TPSA) is 63.3 Å². The van der Waals surface area contributed by atoms with Crippen LogP contribution in [-0.4, -0.2) is 11.1 Å². The molecule has 3 N–H and O–H groups in total. The van der Waals surface area contributed by atoms with Crippen LogP contribution in [0.2, 0.25) is 0 Å². The van der Waals surface area contributed by atoms with Crippen LogP contribution in [0.4, 0.5) is 5.69 Å². The molecule has 3 nitrogen and oxygen atoms in total. The highest BCUT2D eigenvalue weighted by Gasteiger charge is 2.48. The van der Waals surface area contributed by atoms with E-state index in [2.05, 4.69) is 0 Å². The monoisotopic (exact) mass is 219 g/mol. The Bertz CT molecular complexity index is 416. The normalized spacial score (nSPS) is 29.2. The molecule has 0 amide bonds. The van der Waals surface area contributed by atoms with Crippen molar-refractivity contribution in [1.29, 1.82) is 0 Å². The summed E-state index contributed by atoms with van der Waals surface area (Å²) >= 11 is 0. The highest BCUT2D eigenvalue weighted by molar-refractivity contribution is 5.82. The predicted molar refractivity (Wildman–Crippen MR) is 63.2 cm³/mol. The van der Waals surface area contributed by atoms with Crippen LogP contribution < -0.4 is 5.73 Å². The van der Waals surface area contributed by atoms with Gasteiger partial charge in [-0.3, -0.25) is 4.79 Å². The standard InChI is InChI=1S/C13H17NO2/c1-9-4-3-7-13(9,12(15)16)10-5-2-6-11(14)8-10/h2,5-6,8-9H,3-4,7,14H2,1H3,(H,15,16). The second-order valence-corrected chi connectivity index (χ2v) is 4.70. The van der Waals surface area contributed by atoms with Gasteiger partial charge in [-0.15, -0.1) is 0 Å². The first-order valence-corrected chi connectivity index (χ1v) is 5.67. The summed E-state index contributed by atoms with van der Waals surface area (Å²) in [6.45, 7) is 2.02. The molecular weight excluding hydrogens is 202 g/mol. The summed E-state index contributed by atoms with van der Waals surface area (Å²) in [4.78, 5) is 11.6. The minimum atomic E-state index is -0.727. The van der Waals surface area contributed by atoms with Crippen molar-refractivity contribution in [3.8, 4) is 0 Å². The van der Waals surface area contributed by atoms with Crippen LogP contribution in [0.15, 0.2) is 24.3 Å². The van der Waals surface area contributed by atoms with Gasteiger partial charge >= 0.3 is 5.97 Å². The summed E-state index contributed by atoms with van der Waals surface area (Å²) in [5.41, 5.74) is 6.50. The van der Waals surface area contributed by atoms with E-state index in [4.69, 9.17) is 5.73 Å². The molecule has 0 aliphatic heterocycles. The first-order valence-electron chi connectivity index (χ1n) is 5.67. The number of nitrogen functional groups attached to an aromatic ring is 1. The zero-order valence-corrected chi connectivity index (χ0v) is 9.44. The molecule has 1 aromatic carbocycles. The van der Waals surface area contributed by atoms with Gasteiger partial charge in [0, 0.05) is 5.69 Å². The first kappa shape index (κ1) is 11.0. The number of benzene rings is 1. The Morgan fingerprint density at radius 1 is 1.56 bits per heavy atom. The lowest BCUT2D eigenvalue weighted by molar-refractivity contribution is -0.145. The van der Waals surface area contributed by atoms with Gasteiger partial charge in [0.25, 0.3) is 0 Å². The van der Waals surface area contributed by atoms with Crippen molar-refractivity contribution in [2.75, 3.05) is 5.73 Å². The number of carboxylic acid groups (broad SMARTS) is 1. The maximum atomic E-state index is 11.6. The average Bonchev–Trinajstić information content (AvgIpc) is 2.61. The number of rotatable bonds is 2. The van der Waals surface area contributed by atoms with E-state index in [0.29, 0.717) is 12.1 Å². The average molecular weight is 219 g/mol. The lowest BCUT2D eigenvalue weighted by Gasteiger charge is -2.29. The third-order valence-electron chi connectivity index (χ3n) is 3.83. The van der Waals surface area contributed by atoms with E-state index < -0.39 is 11.4 Å². The van der Waals surface area contributed by atoms with Crippen molar-refractivity contribution in [3.05, 3.63) is 29.8 Å². The Kier molecular flexibility index (Phi) is 2.62. The van der Waals surface area contributed by atoms with Gasteiger partial charge in [0.05, 0.1) is 5.41 Å². The van der Waals surface area contributed by atoms with E-state index in [1.54, 1.807) is 12.1 Å². The van der Waals surface area contributed by atoms with Crippen molar-refractivity contribution in [2.45, 2.75) is 31.6 Å². The fraction of sp³-hybridized carbons (Fsp3) is 0.462. The molecule has 1 aromatic rings. The fourth-order valence-corrected chi connectivity index (χ4v) is 2.87. The highest BCUT2D eigenvalue weighted by atomic mass is 16.4. The summed E-state index contributed by atoms with van der Waals surface area (Å²) < 4.78 is 0. The number of hydrogen-bond acceptors (Lipinski definition) is 2. The van der Waals surface area contributed by atoms with Crippen LogP contribution in [0, 0.1) is 5.92 Å². The van der Waals surface area contributed by atoms with Crippen LogP contribution in [0.5, 0.6) is 0 Å². The second-order valence-electron chi connectivity index (χ2n) is 4.70. The van der Waals surface area contributed by atoms with Gasteiger partial charge in [0.1, 0.15) is 0 Å². The zero-order valence-electron chi connectivity index (χ0n) is 9.44. The van der Waals surface area contributed by atoms with E-state index in [0.717, 1.165) is 18.4 Å². The second kappa shape index (κ2) is 3.81. The molecule has 86 valence electrons. The molecule has 1 aliphatic carbocycles. The summed E-state index contributed by atoms with van der Waals surface area (Å²) in [7, 11) is 0. The van der Waals surface area contributed by atoms with Gasteiger partial charge in [-0.25, -0.2) is 0 Å². The molecule has 16 heavy (non-hydrogen) atoms. The van der Waals surface area contributed by atoms with Crippen LogP contribution in [0.25, 0.3) is 0 Å². The van der Waals surface area contributed by atoms with Crippen molar-refractivity contribution in [2.24, 2.45) is 5.92 Å². The van der Waals surface area contributed by atoms with Crippen LogP contribution in [-0.2, 0) is 10.2 Å². The van der Waals surface area contributed by atoms with Crippen LogP contribution in [0.3, 0.4) is 0 Å². The Hall–Kier alpha value is -1.51. The minimum Gasteiger partial charge on any atom is -0.481 e. The number of hydrogen-bond donors (Lipinski definition) is 2. The molecule has 0 bridgehead atoms. The number of carbonyl (C=O) groups is 1. The molecule has 1 fully saturated rings. The lowest BCUT2D eigenvalue weighted by atomic mass is 9.73. The molecule has 3 heteroatoms. The molecule has 0 spiro atoms. The zero-order chi connectivity index (χ0) is 11.8. The third-order valence-corrected chi connectivity index (χ3v) is 3.83. The van der Waals surface area contributed by atoms with Gasteiger partial charge in [0.2, 0.25) is 0 Å². The molecule has 0 saturated heterocycles. The summed E-state index contributed by atoms with van der Waals surface area (Å²) in [5, 5.41) is 9.54. The molecule has 0 heterocycles. The van der Waals surface area contributed by atoms with Gasteiger partial charge in [-0.05, 0) is 36.5 Å². The van der Waals surface area contributed by atoms with Crippen molar-refractivity contribution in [3.63, 3.8) is 0 Å². The predicted octanol–water partition coefficient (Wildman–Crippen LogP) is 2.41. The smallest absolute Gasteiger partial charge is 0.314 e. The number of nitrogens with two attached hydrogens (primary N) is 1. The largest absolute Gasteiger partial charge is 0.481 e. The molecule has 2 unspecified atom stereocenters. The first-order chi connectivity index (χ1) is 7.57. The molecule has 1 saturated carbocycles. The van der Waals surface area contributed by atoms with Crippen molar-refractivity contribution in [1.82, 2.24) is 0 Å². The third kappa shape index (κ3) is 1.47. The molecule has 2 rings (SSSR count). The van der Waals surface area contributed by atoms with E-state index in [1.165, 1.54) is 0 Å². The highest BCUT2D eigenvalue weighted by Crippen LogP contribution is 2.46. The Morgan fingerprint density at radius 2 is 2.31 bits per heavy atom. The maximum absolute atomic E-state index is 11.6. The van der Waals surface area contributed by atoms with Gasteiger partial charge in [-0.2, -0.15) is 0 Å². The lowest BCUT2D eigenvalue weighted by Crippen LogP contribution is -2.38. The fourth-order valence-electron chi connectivity index (χ4n) is 2.87. The number of anilines is 1. The van der Waals surface area contributed by atoms with E-state index >= 15 is 0 Å². The van der Waals surface area contributed by atoms with E-state index in [-0.39, 0.29) is 5.92 Å². The van der Waals surface area contributed by atoms with Gasteiger partial charge < -0.3 is 10.8 Å². The van der Waals surface area contributed by atoms with Gasteiger partial charge in [-0.1, -0.05) is 25.5 Å². The Labute approximate surface area is 95.3 Å². The maximum Gasteiger partial charge on any atom is 0.314 e. The summed E-state index contributed by atoms with van der Waals surface area (Å²) in [5.74, 6) is -0.546. The van der Waals surface area contributed by atoms with Gasteiger partial charge in [0.15, 0.2) is 0 Å². The van der Waals surface area contributed by atoms with E-state index in [1.807, 2.05) is 19.1 Å².